The molecule has 1 aliphatic carbocycles. The van der Waals surface area contributed by atoms with Crippen molar-refractivity contribution in [3.8, 4) is 11.3 Å². The van der Waals surface area contributed by atoms with E-state index >= 15 is 0 Å². The SMILES string of the molecule is CC(C)(C)OC(=O)c1ccc(-c2c([C@@H]3C[C@@H]3c3ccc4ccccc4n3)nc3c(N4CCOCC4)cc(Cl)nn23)cc1. The van der Waals surface area contributed by atoms with Gasteiger partial charge in [-0.05, 0) is 51.5 Å². The van der Waals surface area contributed by atoms with Gasteiger partial charge in [0.2, 0.25) is 0 Å². The van der Waals surface area contributed by atoms with Gasteiger partial charge in [-0.1, -0.05) is 48.0 Å². The number of aromatic nitrogens is 4. The van der Waals surface area contributed by atoms with Gasteiger partial charge in [0.15, 0.2) is 10.8 Å². The van der Waals surface area contributed by atoms with Crippen LogP contribution in [0.25, 0.3) is 27.8 Å². The number of imidazole rings is 1. The summed E-state index contributed by atoms with van der Waals surface area (Å²) >= 11 is 6.63. The van der Waals surface area contributed by atoms with Crippen molar-refractivity contribution in [1.29, 1.82) is 0 Å². The lowest BCUT2D eigenvalue weighted by molar-refractivity contribution is 0.00695. The summed E-state index contributed by atoms with van der Waals surface area (Å²) in [4.78, 5) is 25.2. The largest absolute Gasteiger partial charge is 0.456 e. The smallest absolute Gasteiger partial charge is 0.338 e. The molecule has 3 aromatic heterocycles. The second kappa shape index (κ2) is 10.4. The first-order valence-corrected chi connectivity index (χ1v) is 14.7. The average Bonchev–Trinajstić information content (AvgIpc) is 3.69. The van der Waals surface area contributed by atoms with E-state index in [0.717, 1.165) is 64.4 Å². The molecule has 0 radical (unpaired) electrons. The van der Waals surface area contributed by atoms with E-state index in [1.54, 1.807) is 12.1 Å². The molecule has 1 saturated carbocycles. The number of para-hydroxylation sites is 1. The number of halogens is 1. The minimum atomic E-state index is -0.571. The summed E-state index contributed by atoms with van der Waals surface area (Å²) in [6, 6.07) is 21.8. The maximum Gasteiger partial charge on any atom is 0.338 e. The van der Waals surface area contributed by atoms with Gasteiger partial charge in [0.25, 0.3) is 0 Å². The fourth-order valence-corrected chi connectivity index (χ4v) is 5.95. The molecule has 2 aliphatic rings. The zero-order valence-corrected chi connectivity index (χ0v) is 24.6. The molecule has 214 valence electrons. The van der Waals surface area contributed by atoms with Crippen molar-refractivity contribution in [2.24, 2.45) is 0 Å². The number of ether oxygens (including phenoxy) is 2. The first kappa shape index (κ1) is 26.9. The number of fused-ring (bicyclic) bond motifs is 2. The van der Waals surface area contributed by atoms with Crippen LogP contribution >= 0.6 is 11.6 Å². The Hall–Kier alpha value is -4.01. The zero-order chi connectivity index (χ0) is 29.0. The number of anilines is 1. The van der Waals surface area contributed by atoms with Gasteiger partial charge in [0.05, 0.1) is 41.4 Å². The van der Waals surface area contributed by atoms with Gasteiger partial charge in [-0.15, -0.1) is 0 Å². The highest BCUT2D eigenvalue weighted by molar-refractivity contribution is 6.29. The van der Waals surface area contributed by atoms with Gasteiger partial charge >= 0.3 is 5.97 Å². The molecule has 0 spiro atoms. The molecule has 0 unspecified atom stereocenters. The third kappa shape index (κ3) is 5.10. The lowest BCUT2D eigenvalue weighted by Crippen LogP contribution is -2.36. The van der Waals surface area contributed by atoms with E-state index < -0.39 is 5.60 Å². The lowest BCUT2D eigenvalue weighted by atomic mass is 10.0. The topological polar surface area (TPSA) is 81.8 Å². The quantitative estimate of drug-likeness (QED) is 0.215. The van der Waals surface area contributed by atoms with Gasteiger partial charge in [0, 0.05) is 47.6 Å². The summed E-state index contributed by atoms with van der Waals surface area (Å²) in [7, 11) is 0. The van der Waals surface area contributed by atoms with Crippen LogP contribution in [0.1, 0.15) is 60.8 Å². The maximum atomic E-state index is 12.7. The number of hydrogen-bond acceptors (Lipinski definition) is 7. The standard InChI is InChI=1S/C33H32ClN5O3/c1-33(2,3)42-32(40)22-10-8-21(9-11-22)30-29(24-18-23(24)26-13-12-20-6-4-5-7-25(20)35-26)36-31-27(19-28(34)37-39(30)31)38-14-16-41-17-15-38/h4-13,19,23-24H,14-18H2,1-3H3/t23-,24+/m0/s1. The van der Waals surface area contributed by atoms with Gasteiger partial charge in [-0.2, -0.15) is 5.10 Å². The number of carbonyl (C=O) groups is 1. The molecule has 1 aliphatic heterocycles. The Labute approximate surface area is 249 Å². The molecule has 1 saturated heterocycles. The van der Waals surface area contributed by atoms with Crippen molar-refractivity contribution >= 4 is 39.8 Å². The van der Waals surface area contributed by atoms with Crippen LogP contribution in [-0.2, 0) is 9.47 Å². The predicted octanol–water partition coefficient (Wildman–Crippen LogP) is 6.66. The minimum absolute atomic E-state index is 0.178. The molecular weight excluding hydrogens is 550 g/mol. The first-order chi connectivity index (χ1) is 20.2. The fraction of sp³-hybridized carbons (Fsp3) is 0.333. The van der Waals surface area contributed by atoms with E-state index in [0.29, 0.717) is 23.9 Å². The molecule has 0 amide bonds. The summed E-state index contributed by atoms with van der Waals surface area (Å²) in [5.74, 6) is 0.0756. The Morgan fingerprint density at radius 2 is 1.74 bits per heavy atom. The minimum Gasteiger partial charge on any atom is -0.456 e. The second-order valence-corrected chi connectivity index (χ2v) is 12.4. The summed E-state index contributed by atoms with van der Waals surface area (Å²) in [5, 5.41) is 6.26. The van der Waals surface area contributed by atoms with Crippen molar-refractivity contribution in [2.75, 3.05) is 31.2 Å². The Bertz CT molecular complexity index is 1810. The molecule has 0 N–H and O–H groups in total. The Morgan fingerprint density at radius 3 is 2.50 bits per heavy atom. The predicted molar refractivity (Wildman–Crippen MR) is 163 cm³/mol. The summed E-state index contributed by atoms with van der Waals surface area (Å²) in [6.45, 7) is 8.40. The van der Waals surface area contributed by atoms with Crippen molar-refractivity contribution in [2.45, 2.75) is 44.6 Å². The fourth-order valence-electron chi connectivity index (χ4n) is 5.77. The molecule has 8 nitrogen and oxygen atoms in total. The van der Waals surface area contributed by atoms with E-state index in [9.17, 15) is 4.79 Å². The number of esters is 1. The summed E-state index contributed by atoms with van der Waals surface area (Å²) < 4.78 is 13.1. The highest BCUT2D eigenvalue weighted by Gasteiger charge is 2.44. The summed E-state index contributed by atoms with van der Waals surface area (Å²) in [5.41, 5.74) is 6.45. The molecule has 42 heavy (non-hydrogen) atoms. The van der Waals surface area contributed by atoms with E-state index in [2.05, 4.69) is 29.2 Å². The van der Waals surface area contributed by atoms with Crippen LogP contribution in [-0.4, -0.2) is 57.5 Å². The van der Waals surface area contributed by atoms with Crippen LogP contribution in [0.2, 0.25) is 5.15 Å². The van der Waals surface area contributed by atoms with Crippen LogP contribution in [0, 0.1) is 0 Å². The van der Waals surface area contributed by atoms with Gasteiger partial charge in [-0.25, -0.2) is 14.3 Å². The van der Waals surface area contributed by atoms with Crippen LogP contribution in [0.3, 0.4) is 0 Å². The molecule has 9 heteroatoms. The van der Waals surface area contributed by atoms with Crippen molar-refractivity contribution in [1.82, 2.24) is 19.6 Å². The van der Waals surface area contributed by atoms with Gasteiger partial charge in [-0.3, -0.25) is 4.98 Å². The van der Waals surface area contributed by atoms with Crippen LogP contribution in [0.15, 0.2) is 66.7 Å². The highest BCUT2D eigenvalue weighted by atomic mass is 35.5. The lowest BCUT2D eigenvalue weighted by Gasteiger charge is -2.28. The third-order valence-electron chi connectivity index (χ3n) is 7.85. The molecule has 2 atom stereocenters. The van der Waals surface area contributed by atoms with Crippen LogP contribution < -0.4 is 4.90 Å². The maximum absolute atomic E-state index is 12.7. The molecule has 2 fully saturated rings. The number of nitrogens with zero attached hydrogens (tertiary/aromatic N) is 5. The number of carbonyl (C=O) groups excluding carboxylic acids is 1. The van der Waals surface area contributed by atoms with E-state index in [4.69, 9.17) is 36.1 Å². The van der Waals surface area contributed by atoms with Crippen LogP contribution in [0.5, 0.6) is 0 Å². The third-order valence-corrected chi connectivity index (χ3v) is 8.03. The molecule has 4 heterocycles. The number of hydrogen-bond donors (Lipinski definition) is 0. The molecule has 0 bridgehead atoms. The van der Waals surface area contributed by atoms with Gasteiger partial charge < -0.3 is 14.4 Å². The van der Waals surface area contributed by atoms with Crippen LogP contribution in [0.4, 0.5) is 5.69 Å². The number of rotatable bonds is 5. The number of pyridine rings is 1. The van der Waals surface area contributed by atoms with Gasteiger partial charge in [0.1, 0.15) is 5.60 Å². The average molecular weight is 582 g/mol. The molecule has 7 rings (SSSR count). The molecule has 5 aromatic rings. The monoisotopic (exact) mass is 581 g/mol. The zero-order valence-electron chi connectivity index (χ0n) is 23.9. The Balaban J connectivity index is 1.32. The van der Waals surface area contributed by atoms with E-state index in [1.165, 1.54) is 0 Å². The van der Waals surface area contributed by atoms with E-state index in [-0.39, 0.29) is 17.8 Å². The molecular formula is C33H32ClN5O3. The first-order valence-electron chi connectivity index (χ1n) is 14.4. The van der Waals surface area contributed by atoms with Crippen molar-refractivity contribution in [3.63, 3.8) is 0 Å². The Kier molecular flexibility index (Phi) is 6.63. The highest BCUT2D eigenvalue weighted by Crippen LogP contribution is 2.56. The number of morpholine rings is 1. The molecule has 2 aromatic carbocycles. The second-order valence-electron chi connectivity index (χ2n) is 12.0. The number of benzene rings is 2. The summed E-state index contributed by atoms with van der Waals surface area (Å²) in [6.07, 6.45) is 0.943. The van der Waals surface area contributed by atoms with Crippen molar-refractivity contribution in [3.05, 3.63) is 88.8 Å². The van der Waals surface area contributed by atoms with E-state index in [1.807, 2.05) is 55.6 Å². The normalized spacial score (nSPS) is 18.9. The Morgan fingerprint density at radius 1 is 0.976 bits per heavy atom. The van der Waals surface area contributed by atoms with Crippen molar-refractivity contribution < 1.29 is 14.3 Å².